The molecule has 6 rings (SSSR count). The average molecular weight is 405 g/mol. The number of aromatic nitrogens is 1. The fourth-order valence-electron chi connectivity index (χ4n) is 6.12. The molecule has 0 radical (unpaired) electrons. The first kappa shape index (κ1) is 18.4. The minimum Gasteiger partial charge on any atom is -0.497 e. The van der Waals surface area contributed by atoms with E-state index in [0.29, 0.717) is 11.4 Å². The molecule has 1 unspecified atom stereocenters. The van der Waals surface area contributed by atoms with Crippen molar-refractivity contribution in [1.29, 1.82) is 0 Å². The number of methoxy groups -OCH3 is 1. The van der Waals surface area contributed by atoms with Crippen LogP contribution in [0.4, 0.5) is 4.39 Å². The van der Waals surface area contributed by atoms with Gasteiger partial charge >= 0.3 is 0 Å². The molecule has 4 heteroatoms. The second-order valence-corrected chi connectivity index (χ2v) is 9.66. The molecule has 1 N–H and O–H groups in total. The second kappa shape index (κ2) is 6.84. The molecule has 2 fully saturated rings. The minimum atomic E-state index is -0.143. The molecule has 3 nitrogen and oxygen atoms in total. The van der Waals surface area contributed by atoms with E-state index >= 15 is 0 Å². The molecule has 30 heavy (non-hydrogen) atoms. The van der Waals surface area contributed by atoms with Crippen LogP contribution in [-0.4, -0.2) is 36.6 Å². The van der Waals surface area contributed by atoms with Crippen LogP contribution in [0.5, 0.6) is 5.75 Å². The smallest absolute Gasteiger partial charge is 0.147 e. The highest BCUT2D eigenvalue weighted by Crippen LogP contribution is 2.50. The molecule has 2 aromatic carbocycles. The molecule has 3 aromatic rings. The molecular weight excluding hydrogens is 375 g/mol. The number of likely N-dealkylation sites (tertiary alicyclic amines) is 1. The summed E-state index contributed by atoms with van der Waals surface area (Å²) in [4.78, 5) is 6.17. The van der Waals surface area contributed by atoms with E-state index in [1.165, 1.54) is 36.2 Å². The highest BCUT2D eigenvalue weighted by atomic mass is 19.1. The number of H-pyrrole nitrogens is 1. The number of rotatable bonds is 4. The third-order valence-electron chi connectivity index (χ3n) is 7.91. The van der Waals surface area contributed by atoms with Crippen LogP contribution in [-0.2, 0) is 18.3 Å². The molecule has 2 atom stereocenters. The van der Waals surface area contributed by atoms with Crippen LogP contribution in [0.3, 0.4) is 0 Å². The quantitative estimate of drug-likeness (QED) is 0.657. The molecule has 0 bridgehead atoms. The zero-order chi connectivity index (χ0) is 20.3. The SMILES string of the molecule is COc1cccc([C@]23CCN(CC4CC4)CC2Cc2c([nH]c4c(F)cccc24)C3)c1. The lowest BCUT2D eigenvalue weighted by molar-refractivity contribution is 0.0783. The number of nitrogens with zero attached hydrogens (tertiary/aromatic N) is 1. The van der Waals surface area contributed by atoms with Crippen molar-refractivity contribution in [2.24, 2.45) is 11.8 Å². The van der Waals surface area contributed by atoms with Crippen molar-refractivity contribution in [3.63, 3.8) is 0 Å². The number of fused-ring (bicyclic) bond motifs is 4. The molecule has 1 saturated carbocycles. The van der Waals surface area contributed by atoms with Crippen molar-refractivity contribution in [3.05, 3.63) is 65.1 Å². The standard InChI is InChI=1S/C26H29FN2O/c1-30-20-5-2-4-18(12-20)26-10-11-29(15-17-8-9-17)16-19(26)13-22-21-6-3-7-23(27)25(21)28-24(22)14-26/h2-7,12,17,19,28H,8-11,13-16H2,1H3/t19?,26-/m1/s1. The maximum Gasteiger partial charge on any atom is 0.147 e. The van der Waals surface area contributed by atoms with Gasteiger partial charge in [-0.3, -0.25) is 0 Å². The summed E-state index contributed by atoms with van der Waals surface area (Å²) in [6, 6.07) is 14.2. The molecule has 1 aliphatic heterocycles. The number of ether oxygens (including phenoxy) is 1. The first-order chi connectivity index (χ1) is 14.7. The fraction of sp³-hybridized carbons (Fsp3) is 0.462. The number of hydrogen-bond acceptors (Lipinski definition) is 2. The molecule has 156 valence electrons. The number of piperidine rings is 1. The van der Waals surface area contributed by atoms with Crippen LogP contribution in [0.25, 0.3) is 10.9 Å². The number of hydrogen-bond donors (Lipinski definition) is 1. The van der Waals surface area contributed by atoms with Gasteiger partial charge in [0.2, 0.25) is 0 Å². The van der Waals surface area contributed by atoms with Crippen molar-refractivity contribution in [2.75, 3.05) is 26.7 Å². The van der Waals surface area contributed by atoms with E-state index in [1.54, 1.807) is 13.2 Å². The summed E-state index contributed by atoms with van der Waals surface area (Å²) in [7, 11) is 1.74. The minimum absolute atomic E-state index is 0.0823. The Bertz CT molecular complexity index is 1100. The summed E-state index contributed by atoms with van der Waals surface area (Å²) in [5, 5.41) is 1.07. The van der Waals surface area contributed by atoms with E-state index in [0.717, 1.165) is 49.4 Å². The van der Waals surface area contributed by atoms with E-state index < -0.39 is 0 Å². The lowest BCUT2D eigenvalue weighted by Crippen LogP contribution is -2.54. The summed E-state index contributed by atoms with van der Waals surface area (Å²) >= 11 is 0. The van der Waals surface area contributed by atoms with Gasteiger partial charge in [-0.25, -0.2) is 4.39 Å². The third kappa shape index (κ3) is 2.88. The summed E-state index contributed by atoms with van der Waals surface area (Å²) in [6.45, 7) is 3.53. The third-order valence-corrected chi connectivity index (χ3v) is 7.91. The Morgan fingerprint density at radius 3 is 2.90 bits per heavy atom. The normalized spacial score (nSPS) is 26.4. The monoisotopic (exact) mass is 404 g/mol. The van der Waals surface area contributed by atoms with E-state index in [9.17, 15) is 4.39 Å². The number of aromatic amines is 1. The van der Waals surface area contributed by atoms with Gasteiger partial charge in [0.15, 0.2) is 0 Å². The van der Waals surface area contributed by atoms with E-state index in [-0.39, 0.29) is 11.2 Å². The van der Waals surface area contributed by atoms with Gasteiger partial charge in [-0.1, -0.05) is 24.3 Å². The molecule has 2 heterocycles. The van der Waals surface area contributed by atoms with Crippen LogP contribution in [0.1, 0.15) is 36.1 Å². The highest BCUT2D eigenvalue weighted by Gasteiger charge is 2.48. The van der Waals surface area contributed by atoms with E-state index in [2.05, 4.69) is 34.1 Å². The Labute approximate surface area is 177 Å². The van der Waals surface area contributed by atoms with Crippen LogP contribution < -0.4 is 4.74 Å². The molecule has 1 aromatic heterocycles. The maximum atomic E-state index is 14.5. The van der Waals surface area contributed by atoms with Gasteiger partial charge in [-0.15, -0.1) is 0 Å². The molecule has 3 aliphatic rings. The average Bonchev–Trinajstić information content (AvgIpc) is 3.51. The highest BCUT2D eigenvalue weighted by molar-refractivity contribution is 5.85. The second-order valence-electron chi connectivity index (χ2n) is 9.66. The lowest BCUT2D eigenvalue weighted by Gasteiger charge is -2.51. The Hall–Kier alpha value is -2.33. The number of halogens is 1. The van der Waals surface area contributed by atoms with Crippen LogP contribution in [0.15, 0.2) is 42.5 Å². The summed E-state index contributed by atoms with van der Waals surface area (Å²) < 4.78 is 20.1. The van der Waals surface area contributed by atoms with Crippen molar-refractivity contribution in [1.82, 2.24) is 9.88 Å². The molecule has 0 spiro atoms. The van der Waals surface area contributed by atoms with Gasteiger partial charge in [0.1, 0.15) is 11.6 Å². The number of nitrogens with one attached hydrogen (secondary N) is 1. The predicted octanol–water partition coefficient (Wildman–Crippen LogP) is 5.08. The van der Waals surface area contributed by atoms with Crippen molar-refractivity contribution < 1.29 is 9.13 Å². The Kier molecular flexibility index (Phi) is 4.21. The molecule has 0 amide bonds. The van der Waals surface area contributed by atoms with Gasteiger partial charge in [-0.05, 0) is 79.8 Å². The van der Waals surface area contributed by atoms with Crippen LogP contribution in [0, 0.1) is 17.7 Å². The largest absolute Gasteiger partial charge is 0.497 e. The zero-order valence-electron chi connectivity index (χ0n) is 17.6. The van der Waals surface area contributed by atoms with E-state index in [4.69, 9.17) is 4.74 Å². The number of benzene rings is 2. The Morgan fingerprint density at radius 1 is 1.20 bits per heavy atom. The first-order valence-corrected chi connectivity index (χ1v) is 11.3. The first-order valence-electron chi connectivity index (χ1n) is 11.3. The fourth-order valence-corrected chi connectivity index (χ4v) is 6.12. The summed E-state index contributed by atoms with van der Waals surface area (Å²) in [6.07, 6.45) is 5.90. The lowest BCUT2D eigenvalue weighted by atomic mass is 9.58. The van der Waals surface area contributed by atoms with Gasteiger partial charge in [0.25, 0.3) is 0 Å². The molecule has 1 saturated heterocycles. The van der Waals surface area contributed by atoms with Gasteiger partial charge in [0, 0.05) is 29.6 Å². The molecule has 2 aliphatic carbocycles. The van der Waals surface area contributed by atoms with Crippen molar-refractivity contribution >= 4 is 10.9 Å². The van der Waals surface area contributed by atoms with Gasteiger partial charge in [-0.2, -0.15) is 0 Å². The van der Waals surface area contributed by atoms with Crippen LogP contribution in [0.2, 0.25) is 0 Å². The summed E-state index contributed by atoms with van der Waals surface area (Å²) in [5.74, 6) is 2.23. The molecular formula is C26H29FN2O. The predicted molar refractivity (Wildman–Crippen MR) is 118 cm³/mol. The van der Waals surface area contributed by atoms with Crippen LogP contribution >= 0.6 is 0 Å². The number of para-hydroxylation sites is 1. The Balaban J connectivity index is 1.45. The van der Waals surface area contributed by atoms with E-state index in [1.807, 2.05) is 12.1 Å². The summed E-state index contributed by atoms with van der Waals surface area (Å²) in [5.41, 5.74) is 4.70. The van der Waals surface area contributed by atoms with Gasteiger partial charge < -0.3 is 14.6 Å². The van der Waals surface area contributed by atoms with Crippen molar-refractivity contribution in [2.45, 2.75) is 37.5 Å². The van der Waals surface area contributed by atoms with Gasteiger partial charge in [0.05, 0.1) is 12.6 Å². The Morgan fingerprint density at radius 2 is 2.07 bits per heavy atom. The zero-order valence-corrected chi connectivity index (χ0v) is 17.6. The maximum absolute atomic E-state index is 14.5. The van der Waals surface area contributed by atoms with Crippen molar-refractivity contribution in [3.8, 4) is 5.75 Å². The topological polar surface area (TPSA) is 28.3 Å².